The van der Waals surface area contributed by atoms with Crippen molar-refractivity contribution >= 4 is 15.9 Å². The van der Waals surface area contributed by atoms with E-state index in [1.54, 1.807) is 0 Å². The summed E-state index contributed by atoms with van der Waals surface area (Å²) < 4.78 is 1.26. The van der Waals surface area contributed by atoms with E-state index in [0.29, 0.717) is 6.04 Å². The summed E-state index contributed by atoms with van der Waals surface area (Å²) in [5, 5.41) is 3.75. The molecule has 20 heavy (non-hydrogen) atoms. The van der Waals surface area contributed by atoms with E-state index in [4.69, 9.17) is 0 Å². The lowest BCUT2D eigenvalue weighted by atomic mass is 9.76. The van der Waals surface area contributed by atoms with E-state index in [9.17, 15) is 0 Å². The minimum Gasteiger partial charge on any atom is -0.310 e. The summed E-state index contributed by atoms with van der Waals surface area (Å²) in [6.45, 7) is 10.1. The first-order valence-corrected chi connectivity index (χ1v) is 8.82. The van der Waals surface area contributed by atoms with Gasteiger partial charge in [-0.2, -0.15) is 0 Å². The van der Waals surface area contributed by atoms with Crippen LogP contribution in [0.1, 0.15) is 62.3 Å². The molecule has 1 aliphatic rings. The van der Waals surface area contributed by atoms with Gasteiger partial charge in [0.25, 0.3) is 0 Å². The van der Waals surface area contributed by atoms with Gasteiger partial charge in [0.2, 0.25) is 0 Å². The maximum atomic E-state index is 3.75. The number of hydrogen-bond acceptors (Lipinski definition) is 1. The predicted octanol–water partition coefficient (Wildman–Crippen LogP) is 5.54. The first-order valence-electron chi connectivity index (χ1n) is 8.03. The van der Waals surface area contributed by atoms with Gasteiger partial charge in [0.1, 0.15) is 0 Å². The van der Waals surface area contributed by atoms with Crippen LogP contribution in [0.3, 0.4) is 0 Å². The summed E-state index contributed by atoms with van der Waals surface area (Å²) in [7, 11) is 0. The molecule has 0 aromatic heterocycles. The first kappa shape index (κ1) is 16.0. The van der Waals surface area contributed by atoms with Crippen molar-refractivity contribution in [3.05, 3.63) is 33.3 Å². The molecule has 1 fully saturated rings. The standard InChI is InChI=1S/C18H28BrN/c1-5-20-18(15-8-6-7-12(2)9-15)16-10-13(3)17(19)14(4)11-16/h10-12,15,18,20H,5-9H2,1-4H3. The van der Waals surface area contributed by atoms with Gasteiger partial charge in [-0.05, 0) is 61.8 Å². The fourth-order valence-electron chi connectivity index (χ4n) is 3.72. The van der Waals surface area contributed by atoms with Gasteiger partial charge in [0.15, 0.2) is 0 Å². The van der Waals surface area contributed by atoms with Crippen molar-refractivity contribution in [2.75, 3.05) is 6.54 Å². The largest absolute Gasteiger partial charge is 0.310 e. The summed E-state index contributed by atoms with van der Waals surface area (Å²) in [6, 6.07) is 5.25. The number of aryl methyl sites for hydroxylation is 2. The van der Waals surface area contributed by atoms with Crippen LogP contribution in [0.4, 0.5) is 0 Å². The molecule has 0 spiro atoms. The Balaban J connectivity index is 2.28. The number of rotatable bonds is 4. The number of benzene rings is 1. The molecule has 0 bridgehead atoms. The van der Waals surface area contributed by atoms with Gasteiger partial charge in [-0.15, -0.1) is 0 Å². The van der Waals surface area contributed by atoms with Crippen LogP contribution < -0.4 is 5.32 Å². The molecule has 1 saturated carbocycles. The summed E-state index contributed by atoms with van der Waals surface area (Å²) in [5.41, 5.74) is 4.18. The Hall–Kier alpha value is -0.340. The Bertz CT molecular complexity index is 432. The Morgan fingerprint density at radius 1 is 1.25 bits per heavy atom. The Morgan fingerprint density at radius 2 is 1.90 bits per heavy atom. The predicted molar refractivity (Wildman–Crippen MR) is 91.2 cm³/mol. The minimum atomic E-state index is 0.522. The third-order valence-corrected chi connectivity index (χ3v) is 5.94. The van der Waals surface area contributed by atoms with Crippen molar-refractivity contribution in [1.82, 2.24) is 5.32 Å². The molecule has 3 atom stereocenters. The van der Waals surface area contributed by atoms with Crippen molar-refractivity contribution in [2.24, 2.45) is 11.8 Å². The molecule has 112 valence electrons. The van der Waals surface area contributed by atoms with E-state index in [0.717, 1.165) is 18.4 Å². The molecule has 2 heteroatoms. The molecular weight excluding hydrogens is 310 g/mol. The van der Waals surface area contributed by atoms with Gasteiger partial charge in [-0.1, -0.05) is 54.8 Å². The lowest BCUT2D eigenvalue weighted by Gasteiger charge is -2.34. The monoisotopic (exact) mass is 337 g/mol. The third kappa shape index (κ3) is 3.65. The molecule has 0 saturated heterocycles. The first-order chi connectivity index (χ1) is 9.52. The molecule has 1 N–H and O–H groups in total. The molecule has 2 rings (SSSR count). The Morgan fingerprint density at radius 3 is 2.45 bits per heavy atom. The molecule has 1 aromatic carbocycles. The van der Waals surface area contributed by atoms with E-state index >= 15 is 0 Å². The van der Waals surface area contributed by atoms with Gasteiger partial charge < -0.3 is 5.32 Å². The van der Waals surface area contributed by atoms with Gasteiger partial charge in [-0.25, -0.2) is 0 Å². The summed E-state index contributed by atoms with van der Waals surface area (Å²) in [4.78, 5) is 0. The molecule has 1 nitrogen and oxygen atoms in total. The molecule has 0 heterocycles. The fraction of sp³-hybridized carbons (Fsp3) is 0.667. The zero-order valence-electron chi connectivity index (χ0n) is 13.3. The number of hydrogen-bond donors (Lipinski definition) is 1. The highest BCUT2D eigenvalue weighted by Gasteiger charge is 2.27. The summed E-state index contributed by atoms with van der Waals surface area (Å²) >= 11 is 3.69. The van der Waals surface area contributed by atoms with Crippen LogP contribution in [0.2, 0.25) is 0 Å². The van der Waals surface area contributed by atoms with Crippen LogP contribution in [-0.4, -0.2) is 6.54 Å². The van der Waals surface area contributed by atoms with Crippen LogP contribution >= 0.6 is 15.9 Å². The zero-order chi connectivity index (χ0) is 14.7. The fourth-order valence-corrected chi connectivity index (χ4v) is 3.95. The third-order valence-electron chi connectivity index (χ3n) is 4.69. The highest BCUT2D eigenvalue weighted by molar-refractivity contribution is 9.10. The van der Waals surface area contributed by atoms with Gasteiger partial charge in [0.05, 0.1) is 0 Å². The van der Waals surface area contributed by atoms with E-state index in [2.05, 4.69) is 61.1 Å². The lowest BCUT2D eigenvalue weighted by Crippen LogP contribution is -2.31. The normalized spacial score (nSPS) is 24.6. The van der Waals surface area contributed by atoms with E-state index in [1.165, 1.54) is 46.8 Å². The number of nitrogens with one attached hydrogen (secondary N) is 1. The zero-order valence-corrected chi connectivity index (χ0v) is 14.9. The van der Waals surface area contributed by atoms with E-state index < -0.39 is 0 Å². The minimum absolute atomic E-state index is 0.522. The van der Waals surface area contributed by atoms with Crippen molar-refractivity contribution < 1.29 is 0 Å². The molecule has 1 aliphatic carbocycles. The molecular formula is C18H28BrN. The van der Waals surface area contributed by atoms with E-state index in [-0.39, 0.29) is 0 Å². The Labute approximate surface area is 132 Å². The van der Waals surface area contributed by atoms with Crippen molar-refractivity contribution in [2.45, 2.75) is 59.4 Å². The van der Waals surface area contributed by atoms with Crippen molar-refractivity contribution in [1.29, 1.82) is 0 Å². The van der Waals surface area contributed by atoms with Gasteiger partial charge in [0, 0.05) is 10.5 Å². The van der Waals surface area contributed by atoms with Crippen LogP contribution in [0.5, 0.6) is 0 Å². The molecule has 0 aliphatic heterocycles. The topological polar surface area (TPSA) is 12.0 Å². The quantitative estimate of drug-likeness (QED) is 0.760. The van der Waals surface area contributed by atoms with Crippen molar-refractivity contribution in [3.63, 3.8) is 0 Å². The highest BCUT2D eigenvalue weighted by atomic mass is 79.9. The van der Waals surface area contributed by atoms with Crippen LogP contribution in [0.25, 0.3) is 0 Å². The summed E-state index contributed by atoms with van der Waals surface area (Å²) in [5.74, 6) is 1.67. The molecule has 0 amide bonds. The summed E-state index contributed by atoms with van der Waals surface area (Å²) in [6.07, 6.45) is 5.54. The molecule has 0 radical (unpaired) electrons. The second kappa shape index (κ2) is 7.09. The average molecular weight is 338 g/mol. The van der Waals surface area contributed by atoms with Gasteiger partial charge in [-0.3, -0.25) is 0 Å². The number of halogens is 1. The average Bonchev–Trinajstić information content (AvgIpc) is 2.41. The molecule has 1 aromatic rings. The SMILES string of the molecule is CCNC(c1cc(C)c(Br)c(C)c1)C1CCCC(C)C1. The lowest BCUT2D eigenvalue weighted by molar-refractivity contribution is 0.225. The maximum absolute atomic E-state index is 3.75. The second-order valence-corrected chi connectivity index (χ2v) is 7.33. The van der Waals surface area contributed by atoms with Gasteiger partial charge >= 0.3 is 0 Å². The smallest absolute Gasteiger partial charge is 0.0348 e. The van der Waals surface area contributed by atoms with E-state index in [1.807, 2.05) is 0 Å². The highest BCUT2D eigenvalue weighted by Crippen LogP contribution is 2.38. The maximum Gasteiger partial charge on any atom is 0.0348 e. The van der Waals surface area contributed by atoms with Crippen LogP contribution in [0, 0.1) is 25.7 Å². The van der Waals surface area contributed by atoms with Crippen LogP contribution in [0.15, 0.2) is 16.6 Å². The Kier molecular flexibility index (Phi) is 5.68. The second-order valence-electron chi connectivity index (χ2n) is 6.54. The van der Waals surface area contributed by atoms with Crippen molar-refractivity contribution in [3.8, 4) is 0 Å². The molecule has 3 unspecified atom stereocenters. The van der Waals surface area contributed by atoms with Crippen LogP contribution in [-0.2, 0) is 0 Å².